The molecule has 0 aliphatic rings. The smallest absolute Gasteiger partial charge is 0.262 e. The van der Waals surface area contributed by atoms with Crippen molar-refractivity contribution in [2.75, 3.05) is 26.5 Å². The quantitative estimate of drug-likeness (QED) is 0.393. The van der Waals surface area contributed by atoms with Crippen molar-refractivity contribution in [1.29, 1.82) is 0 Å². The molecule has 31 heavy (non-hydrogen) atoms. The van der Waals surface area contributed by atoms with Crippen LogP contribution in [-0.4, -0.2) is 46.9 Å². The average Bonchev–Trinajstić information content (AvgIpc) is 2.74. The number of amides is 1. The van der Waals surface area contributed by atoms with Crippen molar-refractivity contribution in [3.63, 3.8) is 0 Å². The summed E-state index contributed by atoms with van der Waals surface area (Å²) in [5, 5.41) is 1.09. The molecule has 0 saturated carbocycles. The summed E-state index contributed by atoms with van der Waals surface area (Å²) in [5.74, 6) is 0.185. The number of methoxy groups -OCH3 is 1. The van der Waals surface area contributed by atoms with Gasteiger partial charge in [0.1, 0.15) is 0 Å². The topological polar surface area (TPSA) is 64.4 Å². The molecule has 0 spiro atoms. The third kappa shape index (κ3) is 5.35. The highest BCUT2D eigenvalue weighted by Crippen LogP contribution is 2.22. The van der Waals surface area contributed by atoms with Crippen molar-refractivity contribution in [3.8, 4) is 0 Å². The molecule has 0 fully saturated rings. The zero-order chi connectivity index (χ0) is 22.5. The fourth-order valence-corrected chi connectivity index (χ4v) is 4.57. The minimum absolute atomic E-state index is 0.0154. The van der Waals surface area contributed by atoms with Crippen LogP contribution in [0.4, 0.5) is 0 Å². The standard InChI is InChI=1S/C24H29N3O3S/c1-16-10-11-19(17(2)12-16)13-26(4)22(28)15-31-24-25-21-9-7-6-8-20(21)23(29)27(24)18(3)14-30-5/h6-12,18H,13-15H2,1-5H3. The van der Waals surface area contributed by atoms with E-state index in [0.29, 0.717) is 29.2 Å². The third-order valence-corrected chi connectivity index (χ3v) is 6.22. The third-order valence-electron chi connectivity index (χ3n) is 5.28. The van der Waals surface area contributed by atoms with E-state index in [1.807, 2.05) is 25.1 Å². The van der Waals surface area contributed by atoms with E-state index >= 15 is 0 Å². The second-order valence-corrected chi connectivity index (χ2v) is 8.80. The van der Waals surface area contributed by atoms with E-state index < -0.39 is 0 Å². The first-order chi connectivity index (χ1) is 14.8. The molecule has 1 unspecified atom stereocenters. The highest BCUT2D eigenvalue weighted by Gasteiger charge is 2.19. The largest absolute Gasteiger partial charge is 0.383 e. The lowest BCUT2D eigenvalue weighted by atomic mass is 10.1. The van der Waals surface area contributed by atoms with Gasteiger partial charge in [-0.2, -0.15) is 0 Å². The van der Waals surface area contributed by atoms with E-state index in [0.717, 1.165) is 5.56 Å². The Balaban J connectivity index is 1.81. The molecule has 3 aromatic rings. The Hall–Kier alpha value is -2.64. The number of carbonyl (C=O) groups excluding carboxylic acids is 1. The maximum absolute atomic E-state index is 13.1. The molecule has 1 atom stereocenters. The van der Waals surface area contributed by atoms with E-state index in [-0.39, 0.29) is 23.3 Å². The van der Waals surface area contributed by atoms with Crippen molar-refractivity contribution in [1.82, 2.24) is 14.5 Å². The van der Waals surface area contributed by atoms with E-state index in [9.17, 15) is 9.59 Å². The molecule has 0 radical (unpaired) electrons. The van der Waals surface area contributed by atoms with Gasteiger partial charge in [-0.05, 0) is 44.0 Å². The molecule has 0 bridgehead atoms. The normalized spacial score (nSPS) is 12.2. The van der Waals surface area contributed by atoms with Crippen LogP contribution in [0.25, 0.3) is 10.9 Å². The summed E-state index contributed by atoms with van der Waals surface area (Å²) >= 11 is 1.29. The van der Waals surface area contributed by atoms with Crippen LogP contribution in [0.2, 0.25) is 0 Å². The Bertz CT molecular complexity index is 1140. The molecule has 0 aliphatic carbocycles. The van der Waals surface area contributed by atoms with Gasteiger partial charge in [0.15, 0.2) is 5.16 Å². The lowest BCUT2D eigenvalue weighted by Gasteiger charge is -2.21. The number of benzene rings is 2. The summed E-state index contributed by atoms with van der Waals surface area (Å²) < 4.78 is 6.89. The van der Waals surface area contributed by atoms with Crippen LogP contribution >= 0.6 is 11.8 Å². The minimum Gasteiger partial charge on any atom is -0.383 e. The van der Waals surface area contributed by atoms with Crippen molar-refractivity contribution >= 4 is 28.6 Å². The Labute approximate surface area is 187 Å². The number of nitrogens with zero attached hydrogens (tertiary/aromatic N) is 3. The first-order valence-electron chi connectivity index (χ1n) is 10.2. The molecular weight excluding hydrogens is 410 g/mol. The van der Waals surface area contributed by atoms with Crippen LogP contribution in [0.5, 0.6) is 0 Å². The van der Waals surface area contributed by atoms with Crippen molar-refractivity contribution in [2.24, 2.45) is 0 Å². The highest BCUT2D eigenvalue weighted by atomic mass is 32.2. The molecule has 0 N–H and O–H groups in total. The van der Waals surface area contributed by atoms with Gasteiger partial charge < -0.3 is 9.64 Å². The predicted octanol–water partition coefficient (Wildman–Crippen LogP) is 3.97. The molecule has 7 heteroatoms. The van der Waals surface area contributed by atoms with Crippen LogP contribution in [0, 0.1) is 13.8 Å². The molecule has 1 aromatic heterocycles. The summed E-state index contributed by atoms with van der Waals surface area (Å²) in [7, 11) is 3.41. The van der Waals surface area contributed by atoms with Crippen LogP contribution in [0.15, 0.2) is 52.4 Å². The van der Waals surface area contributed by atoms with Gasteiger partial charge in [-0.1, -0.05) is 47.7 Å². The predicted molar refractivity (Wildman–Crippen MR) is 126 cm³/mol. The monoisotopic (exact) mass is 439 g/mol. The van der Waals surface area contributed by atoms with Crippen molar-refractivity contribution in [2.45, 2.75) is 38.5 Å². The molecule has 164 valence electrons. The van der Waals surface area contributed by atoms with E-state index in [1.165, 1.54) is 22.9 Å². The van der Waals surface area contributed by atoms with Gasteiger partial charge in [-0.15, -0.1) is 0 Å². The molecule has 2 aromatic carbocycles. The van der Waals surface area contributed by atoms with Crippen LogP contribution < -0.4 is 5.56 Å². The van der Waals surface area contributed by atoms with Crippen LogP contribution in [0.3, 0.4) is 0 Å². The first kappa shape index (κ1) is 23.0. The highest BCUT2D eigenvalue weighted by molar-refractivity contribution is 7.99. The molecule has 0 aliphatic heterocycles. The molecule has 1 amide bonds. The number of fused-ring (bicyclic) bond motifs is 1. The van der Waals surface area contributed by atoms with Gasteiger partial charge in [0.25, 0.3) is 5.56 Å². The van der Waals surface area contributed by atoms with Gasteiger partial charge in [0.2, 0.25) is 5.91 Å². The van der Waals surface area contributed by atoms with Gasteiger partial charge in [0, 0.05) is 20.7 Å². The van der Waals surface area contributed by atoms with Gasteiger partial charge >= 0.3 is 0 Å². The van der Waals surface area contributed by atoms with Crippen molar-refractivity contribution in [3.05, 3.63) is 69.5 Å². The number of thioether (sulfide) groups is 1. The van der Waals surface area contributed by atoms with Crippen LogP contribution in [0.1, 0.15) is 29.7 Å². The van der Waals surface area contributed by atoms with Gasteiger partial charge in [-0.25, -0.2) is 4.98 Å². The summed E-state index contributed by atoms with van der Waals surface area (Å²) in [6.07, 6.45) is 0. The Morgan fingerprint density at radius 2 is 1.97 bits per heavy atom. The minimum atomic E-state index is -0.194. The van der Waals surface area contributed by atoms with E-state index in [1.54, 1.807) is 29.7 Å². The number of aryl methyl sites for hydroxylation is 2. The number of carbonyl (C=O) groups is 1. The second kappa shape index (κ2) is 10.1. The zero-order valence-corrected chi connectivity index (χ0v) is 19.5. The van der Waals surface area contributed by atoms with Crippen molar-refractivity contribution < 1.29 is 9.53 Å². The fraction of sp³-hybridized carbons (Fsp3) is 0.375. The summed E-state index contributed by atoms with van der Waals surface area (Å²) in [6, 6.07) is 13.3. The summed E-state index contributed by atoms with van der Waals surface area (Å²) in [5.41, 5.74) is 4.02. The van der Waals surface area contributed by atoms with E-state index in [2.05, 4.69) is 37.0 Å². The molecule has 1 heterocycles. The maximum Gasteiger partial charge on any atom is 0.262 e. The number of ether oxygens (including phenoxy) is 1. The second-order valence-electron chi connectivity index (χ2n) is 7.86. The number of aromatic nitrogens is 2. The fourth-order valence-electron chi connectivity index (χ4n) is 3.54. The Kier molecular flexibility index (Phi) is 7.51. The number of hydrogen-bond donors (Lipinski definition) is 0. The number of para-hydroxylation sites is 1. The first-order valence-corrected chi connectivity index (χ1v) is 11.2. The van der Waals surface area contributed by atoms with E-state index in [4.69, 9.17) is 4.74 Å². The maximum atomic E-state index is 13.1. The Morgan fingerprint density at radius 1 is 1.23 bits per heavy atom. The van der Waals surface area contributed by atoms with Crippen LogP contribution in [-0.2, 0) is 16.1 Å². The number of rotatable bonds is 8. The zero-order valence-electron chi connectivity index (χ0n) is 18.7. The van der Waals surface area contributed by atoms with Gasteiger partial charge in [-0.3, -0.25) is 14.2 Å². The summed E-state index contributed by atoms with van der Waals surface area (Å²) in [4.78, 5) is 32.3. The van der Waals surface area contributed by atoms with Gasteiger partial charge in [0.05, 0.1) is 29.3 Å². The average molecular weight is 440 g/mol. The molecule has 6 nitrogen and oxygen atoms in total. The lowest BCUT2D eigenvalue weighted by Crippen LogP contribution is -2.30. The lowest BCUT2D eigenvalue weighted by molar-refractivity contribution is -0.127. The molecule has 3 rings (SSSR count). The Morgan fingerprint density at radius 3 is 2.68 bits per heavy atom. The molecule has 0 saturated heterocycles. The number of hydrogen-bond acceptors (Lipinski definition) is 5. The SMILES string of the molecule is COCC(C)n1c(SCC(=O)N(C)Cc2ccc(C)cc2C)nc2ccccc2c1=O. The summed E-state index contributed by atoms with van der Waals surface area (Å²) in [6.45, 7) is 6.96. The molecular formula is C24H29N3O3S.